The maximum atomic E-state index is 13.2. The number of carbonyl (C=O) groups is 4. The second kappa shape index (κ2) is 15.4. The predicted octanol–water partition coefficient (Wildman–Crippen LogP) is 2.73. The third kappa shape index (κ3) is 9.38. The molecule has 1 aromatic heterocycles. The highest BCUT2D eigenvalue weighted by Gasteiger charge is 2.61. The molecule has 1 saturated carbocycles. The van der Waals surface area contributed by atoms with Gasteiger partial charge in [0.25, 0.3) is 10.0 Å². The molecule has 4 atom stereocenters. The van der Waals surface area contributed by atoms with Crippen LogP contribution in [0.3, 0.4) is 0 Å². The fraction of sp³-hybridized carbons (Fsp3) is 0.710. The Kier molecular flexibility index (Phi) is 12.4. The summed E-state index contributed by atoms with van der Waals surface area (Å²) in [5, 5.41) is 17.9. The number of carbonyl (C=O) groups excluding carboxylic acids is 3. The minimum atomic E-state index is -3.89. The molecule has 2 heterocycles. The van der Waals surface area contributed by atoms with Crippen LogP contribution in [0.25, 0.3) is 0 Å². The predicted molar refractivity (Wildman–Crippen MR) is 169 cm³/mol. The summed E-state index contributed by atoms with van der Waals surface area (Å²) in [6.07, 6.45) is 8.86. The highest BCUT2D eigenvalue weighted by Crippen LogP contribution is 2.47. The van der Waals surface area contributed by atoms with E-state index in [1.807, 2.05) is 20.8 Å². The lowest BCUT2D eigenvalue weighted by Gasteiger charge is -2.34. The second-order valence-corrected chi connectivity index (χ2v) is 15.3. The monoisotopic (exact) mass is 650 g/mol. The van der Waals surface area contributed by atoms with Crippen LogP contribution >= 0.6 is 0 Å². The summed E-state index contributed by atoms with van der Waals surface area (Å²) < 4.78 is 27.1. The zero-order valence-corrected chi connectivity index (χ0v) is 28.0. The van der Waals surface area contributed by atoms with Gasteiger partial charge in [0.15, 0.2) is 5.03 Å². The number of hydrogen-bond donors (Lipinski definition) is 4. The fourth-order valence-corrected chi connectivity index (χ4v) is 6.91. The second-order valence-electron chi connectivity index (χ2n) is 13.3. The molecule has 0 bridgehead atoms. The molecule has 1 aliphatic heterocycles. The van der Waals surface area contributed by atoms with Gasteiger partial charge in [-0.15, -0.1) is 0 Å². The summed E-state index contributed by atoms with van der Waals surface area (Å²) in [6.45, 7) is 7.62. The van der Waals surface area contributed by atoms with Crippen LogP contribution in [0.2, 0.25) is 0 Å². The first kappa shape index (κ1) is 36.2. The normalized spacial score (nSPS) is 22.1. The van der Waals surface area contributed by atoms with Crippen molar-refractivity contribution in [1.82, 2.24) is 30.1 Å². The van der Waals surface area contributed by atoms with Gasteiger partial charge in [0.2, 0.25) is 11.8 Å². The van der Waals surface area contributed by atoms with Gasteiger partial charge in [0, 0.05) is 32.4 Å². The summed E-state index contributed by atoms with van der Waals surface area (Å²) in [4.78, 5) is 56.7. The van der Waals surface area contributed by atoms with E-state index in [-0.39, 0.29) is 24.0 Å². The van der Waals surface area contributed by atoms with E-state index in [1.54, 1.807) is 12.1 Å². The number of unbranched alkanes of at least 4 members (excludes halogenated alkanes) is 4. The first-order chi connectivity index (χ1) is 21.1. The maximum Gasteiger partial charge on any atom is 0.329 e. The molecule has 0 radical (unpaired) electrons. The molecule has 2 aliphatic rings. The SMILES string of the molecule is CCCCCCCC1C[C@]1(NC(=O)C1CCCN1C(=O)CNC(=O)NC(CN(C)S(=O)(=O)c1ccccn1)C(C)(C)C)C(=O)O. The van der Waals surface area contributed by atoms with Gasteiger partial charge in [-0.1, -0.05) is 65.9 Å². The van der Waals surface area contributed by atoms with Crippen molar-refractivity contribution in [3.05, 3.63) is 24.4 Å². The number of carboxylic acid groups (broad SMARTS) is 1. The number of aliphatic carboxylic acids is 1. The van der Waals surface area contributed by atoms with Crippen molar-refractivity contribution < 1.29 is 32.7 Å². The minimum Gasteiger partial charge on any atom is -0.479 e. The molecule has 1 aliphatic carbocycles. The number of nitrogens with one attached hydrogen (secondary N) is 3. The molecule has 0 aromatic carbocycles. The van der Waals surface area contributed by atoms with Gasteiger partial charge in [-0.3, -0.25) is 9.59 Å². The molecular weight excluding hydrogens is 600 g/mol. The molecule has 4 amide bonds. The lowest BCUT2D eigenvalue weighted by atomic mass is 9.87. The molecule has 3 rings (SSSR count). The Morgan fingerprint density at radius 2 is 1.87 bits per heavy atom. The lowest BCUT2D eigenvalue weighted by molar-refractivity contribution is -0.145. The standard InChI is InChI=1S/C31H50N6O7S/c1-6-7-8-9-10-14-22-19-31(22,28(40)41)35-27(39)23-15-13-18-37(23)26(38)20-33-29(42)34-24(30(2,3)4)21-36(5)45(43,44)25-16-11-12-17-32-25/h11-12,16-17,22-24H,6-10,13-15,18-21H2,1-5H3,(H,35,39)(H,40,41)(H2,33,34,42)/t22?,23?,24?,31-/m1/s1. The van der Waals surface area contributed by atoms with Gasteiger partial charge in [-0.2, -0.15) is 4.31 Å². The summed E-state index contributed by atoms with van der Waals surface area (Å²) in [6, 6.07) is 2.51. The van der Waals surface area contributed by atoms with E-state index in [2.05, 4.69) is 27.9 Å². The number of hydrogen-bond acceptors (Lipinski definition) is 7. The molecule has 13 nitrogen and oxygen atoms in total. The highest BCUT2D eigenvalue weighted by molar-refractivity contribution is 7.89. The molecule has 1 saturated heterocycles. The van der Waals surface area contributed by atoms with Crippen molar-refractivity contribution in [2.75, 3.05) is 26.7 Å². The van der Waals surface area contributed by atoms with Crippen molar-refractivity contribution in [2.24, 2.45) is 11.3 Å². The molecule has 2 fully saturated rings. The number of sulfonamides is 1. The zero-order chi connectivity index (χ0) is 33.4. The van der Waals surface area contributed by atoms with Gasteiger partial charge >= 0.3 is 12.0 Å². The number of rotatable bonds is 16. The average Bonchev–Trinajstić information content (AvgIpc) is 3.45. The van der Waals surface area contributed by atoms with E-state index in [0.29, 0.717) is 25.8 Å². The van der Waals surface area contributed by atoms with Crippen molar-refractivity contribution in [2.45, 2.75) is 108 Å². The molecule has 252 valence electrons. The number of amides is 4. The van der Waals surface area contributed by atoms with E-state index in [9.17, 15) is 32.7 Å². The highest BCUT2D eigenvalue weighted by atomic mass is 32.2. The molecule has 1 aromatic rings. The van der Waals surface area contributed by atoms with E-state index in [4.69, 9.17) is 0 Å². The van der Waals surface area contributed by atoms with Crippen LogP contribution < -0.4 is 16.0 Å². The Morgan fingerprint density at radius 1 is 1.16 bits per heavy atom. The Hall–Kier alpha value is -3.26. The molecule has 14 heteroatoms. The average molecular weight is 651 g/mol. The third-order valence-electron chi connectivity index (χ3n) is 8.87. The van der Waals surface area contributed by atoms with E-state index >= 15 is 0 Å². The van der Waals surface area contributed by atoms with Crippen LogP contribution in [0, 0.1) is 11.3 Å². The first-order valence-corrected chi connectivity index (χ1v) is 17.3. The lowest BCUT2D eigenvalue weighted by Crippen LogP contribution is -2.56. The zero-order valence-electron chi connectivity index (χ0n) is 27.2. The number of likely N-dealkylation sites (N-methyl/N-ethyl adjacent to an activating group) is 1. The Bertz CT molecular complexity index is 1300. The van der Waals surface area contributed by atoms with Gasteiger partial charge in [0.1, 0.15) is 11.6 Å². The number of pyridine rings is 1. The third-order valence-corrected chi connectivity index (χ3v) is 10.6. The molecule has 0 spiro atoms. The summed E-state index contributed by atoms with van der Waals surface area (Å²) in [7, 11) is -2.48. The van der Waals surface area contributed by atoms with Crippen LogP contribution in [0.5, 0.6) is 0 Å². The summed E-state index contributed by atoms with van der Waals surface area (Å²) in [5.74, 6) is -2.11. The van der Waals surface area contributed by atoms with Crippen LogP contribution in [0.15, 0.2) is 29.4 Å². The van der Waals surface area contributed by atoms with Gasteiger partial charge < -0.3 is 26.0 Å². The number of aromatic nitrogens is 1. The first-order valence-electron chi connectivity index (χ1n) is 15.9. The number of urea groups is 1. The Morgan fingerprint density at radius 3 is 2.49 bits per heavy atom. The molecule has 3 unspecified atom stereocenters. The molecular formula is C31H50N6O7S. The fourth-order valence-electron chi connectivity index (χ4n) is 5.80. The topological polar surface area (TPSA) is 178 Å². The minimum absolute atomic E-state index is 0.0385. The Labute approximate surface area is 266 Å². The maximum absolute atomic E-state index is 13.2. The van der Waals surface area contributed by atoms with Crippen LogP contribution in [0.4, 0.5) is 4.79 Å². The van der Waals surface area contributed by atoms with Crippen molar-refractivity contribution in [3.63, 3.8) is 0 Å². The van der Waals surface area contributed by atoms with Gasteiger partial charge in [-0.05, 0) is 49.1 Å². The number of nitrogens with zero attached hydrogens (tertiary/aromatic N) is 3. The van der Waals surface area contributed by atoms with Crippen molar-refractivity contribution in [1.29, 1.82) is 0 Å². The van der Waals surface area contributed by atoms with Crippen LogP contribution in [-0.4, -0.2) is 95.8 Å². The van der Waals surface area contributed by atoms with Gasteiger partial charge in [-0.25, -0.2) is 23.0 Å². The molecule has 4 N–H and O–H groups in total. The number of carboxylic acids is 1. The Balaban J connectivity index is 1.54. The van der Waals surface area contributed by atoms with Crippen molar-refractivity contribution >= 4 is 33.8 Å². The summed E-state index contributed by atoms with van der Waals surface area (Å²) >= 11 is 0. The van der Waals surface area contributed by atoms with E-state index < -0.39 is 56.9 Å². The van der Waals surface area contributed by atoms with E-state index in [0.717, 1.165) is 42.8 Å². The van der Waals surface area contributed by atoms with Crippen LogP contribution in [-0.2, 0) is 24.4 Å². The quantitative estimate of drug-likeness (QED) is 0.197. The smallest absolute Gasteiger partial charge is 0.329 e. The van der Waals surface area contributed by atoms with Crippen molar-refractivity contribution in [3.8, 4) is 0 Å². The number of likely N-dealkylation sites (tertiary alicyclic amines) is 1. The van der Waals surface area contributed by atoms with Gasteiger partial charge in [0.05, 0.1) is 6.54 Å². The molecule has 45 heavy (non-hydrogen) atoms. The summed E-state index contributed by atoms with van der Waals surface area (Å²) in [5.41, 5.74) is -1.82. The largest absolute Gasteiger partial charge is 0.479 e. The van der Waals surface area contributed by atoms with E-state index in [1.165, 1.54) is 24.2 Å². The van der Waals surface area contributed by atoms with Crippen LogP contribution in [0.1, 0.15) is 85.5 Å².